The van der Waals surface area contributed by atoms with E-state index in [0.29, 0.717) is 0 Å². The summed E-state index contributed by atoms with van der Waals surface area (Å²) in [5.74, 6) is -1.96. The van der Waals surface area contributed by atoms with Crippen LogP contribution in [0.4, 0.5) is 4.79 Å². The van der Waals surface area contributed by atoms with Gasteiger partial charge in [-0.05, 0) is 28.2 Å². The molecule has 0 aromatic heterocycles. The molecule has 166 valence electrons. The monoisotopic (exact) mass is 435 g/mol. The van der Waals surface area contributed by atoms with Gasteiger partial charge in [-0.3, -0.25) is 19.8 Å². The maximum atomic E-state index is 12.6. The second-order valence-corrected chi connectivity index (χ2v) is 8.29. The molecular formula is C24H25N3O5. The molecule has 1 atom stereocenters. The van der Waals surface area contributed by atoms with E-state index >= 15 is 0 Å². The van der Waals surface area contributed by atoms with Crippen LogP contribution in [0.3, 0.4) is 0 Å². The number of hydrogen-bond donors (Lipinski definition) is 2. The molecule has 2 aliphatic rings. The number of amides is 4. The summed E-state index contributed by atoms with van der Waals surface area (Å²) >= 11 is 0. The van der Waals surface area contributed by atoms with Crippen molar-refractivity contribution in [2.45, 2.75) is 38.6 Å². The second-order valence-electron chi connectivity index (χ2n) is 8.29. The Hall–Kier alpha value is -3.68. The number of imide groups is 1. The summed E-state index contributed by atoms with van der Waals surface area (Å²) in [7, 11) is 0. The van der Waals surface area contributed by atoms with E-state index in [1.165, 1.54) is 0 Å². The highest BCUT2D eigenvalue weighted by Crippen LogP contribution is 2.44. The minimum absolute atomic E-state index is 0.0608. The SMILES string of the molecule is CC(C)[C@H](NC(=O)OCC1c2ccccc2-c2ccccc21)C(=O)NN1C(=O)CCC1=O. The third kappa shape index (κ3) is 4.08. The number of hydrazine groups is 1. The summed E-state index contributed by atoms with van der Waals surface area (Å²) in [6, 6.07) is 15.1. The lowest BCUT2D eigenvalue weighted by atomic mass is 9.98. The topological polar surface area (TPSA) is 105 Å². The Morgan fingerprint density at radius 1 is 0.969 bits per heavy atom. The van der Waals surface area contributed by atoms with Gasteiger partial charge in [0.2, 0.25) is 11.8 Å². The summed E-state index contributed by atoms with van der Waals surface area (Å²) in [6.07, 6.45) is -0.615. The van der Waals surface area contributed by atoms with Crippen molar-refractivity contribution in [2.75, 3.05) is 6.61 Å². The van der Waals surface area contributed by atoms with Gasteiger partial charge in [0.1, 0.15) is 12.6 Å². The molecule has 8 heteroatoms. The summed E-state index contributed by atoms with van der Waals surface area (Å²) < 4.78 is 5.51. The Balaban J connectivity index is 1.41. The quantitative estimate of drug-likeness (QED) is 0.679. The van der Waals surface area contributed by atoms with Gasteiger partial charge in [-0.15, -0.1) is 0 Å². The van der Waals surface area contributed by atoms with Crippen molar-refractivity contribution in [3.05, 3.63) is 59.7 Å². The van der Waals surface area contributed by atoms with Crippen molar-refractivity contribution >= 4 is 23.8 Å². The molecule has 2 N–H and O–H groups in total. The van der Waals surface area contributed by atoms with Crippen molar-refractivity contribution in [1.82, 2.24) is 15.8 Å². The molecule has 8 nitrogen and oxygen atoms in total. The molecule has 32 heavy (non-hydrogen) atoms. The van der Waals surface area contributed by atoms with Gasteiger partial charge in [0, 0.05) is 18.8 Å². The van der Waals surface area contributed by atoms with Crippen LogP contribution >= 0.6 is 0 Å². The van der Waals surface area contributed by atoms with Crippen molar-refractivity contribution in [1.29, 1.82) is 0 Å². The van der Waals surface area contributed by atoms with Crippen molar-refractivity contribution in [3.8, 4) is 11.1 Å². The number of alkyl carbamates (subject to hydrolysis) is 1. The lowest BCUT2D eigenvalue weighted by Crippen LogP contribution is -2.55. The Kier molecular flexibility index (Phi) is 5.94. The maximum Gasteiger partial charge on any atom is 0.407 e. The van der Waals surface area contributed by atoms with E-state index in [0.717, 1.165) is 27.3 Å². The molecule has 0 unspecified atom stereocenters. The van der Waals surface area contributed by atoms with E-state index in [4.69, 9.17) is 4.74 Å². The highest BCUT2D eigenvalue weighted by molar-refractivity contribution is 6.03. The molecule has 2 aromatic rings. The largest absolute Gasteiger partial charge is 0.449 e. The number of benzene rings is 2. The van der Waals surface area contributed by atoms with Crippen LogP contribution in [0.1, 0.15) is 43.7 Å². The molecule has 0 spiro atoms. The van der Waals surface area contributed by atoms with Gasteiger partial charge in [0.05, 0.1) is 0 Å². The summed E-state index contributed by atoms with van der Waals surface area (Å²) in [5, 5.41) is 3.29. The molecule has 4 amide bonds. The second kappa shape index (κ2) is 8.82. The van der Waals surface area contributed by atoms with Crippen LogP contribution in [0.15, 0.2) is 48.5 Å². The Labute approximate surface area is 185 Å². The van der Waals surface area contributed by atoms with Crippen LogP contribution in [0.25, 0.3) is 11.1 Å². The lowest BCUT2D eigenvalue weighted by molar-refractivity contribution is -0.148. The molecule has 1 fully saturated rings. The Morgan fingerprint density at radius 2 is 1.50 bits per heavy atom. The average Bonchev–Trinajstić information content (AvgIpc) is 3.27. The summed E-state index contributed by atoms with van der Waals surface area (Å²) in [5.41, 5.74) is 6.73. The van der Waals surface area contributed by atoms with Crippen LogP contribution < -0.4 is 10.7 Å². The fraction of sp³-hybridized carbons (Fsp3) is 0.333. The van der Waals surface area contributed by atoms with Gasteiger partial charge < -0.3 is 10.1 Å². The predicted octanol–water partition coefficient (Wildman–Crippen LogP) is 2.73. The lowest BCUT2D eigenvalue weighted by Gasteiger charge is -2.24. The van der Waals surface area contributed by atoms with E-state index in [9.17, 15) is 19.2 Å². The predicted molar refractivity (Wildman–Crippen MR) is 116 cm³/mol. The number of hydrogen-bond acceptors (Lipinski definition) is 5. The number of carbonyl (C=O) groups excluding carboxylic acids is 4. The Bertz CT molecular complexity index is 1020. The van der Waals surface area contributed by atoms with E-state index in [1.807, 2.05) is 48.5 Å². The zero-order chi connectivity index (χ0) is 22.8. The smallest absolute Gasteiger partial charge is 0.407 e. The molecule has 2 aromatic carbocycles. The highest BCUT2D eigenvalue weighted by Gasteiger charge is 2.34. The first-order valence-corrected chi connectivity index (χ1v) is 10.6. The number of fused-ring (bicyclic) bond motifs is 3. The molecule has 1 aliphatic heterocycles. The van der Waals surface area contributed by atoms with E-state index < -0.39 is 29.9 Å². The molecule has 1 aliphatic carbocycles. The number of ether oxygens (including phenoxy) is 1. The average molecular weight is 435 g/mol. The van der Waals surface area contributed by atoms with Crippen LogP contribution in [-0.2, 0) is 19.1 Å². The van der Waals surface area contributed by atoms with Gasteiger partial charge in [-0.1, -0.05) is 62.4 Å². The van der Waals surface area contributed by atoms with Gasteiger partial charge in [-0.25, -0.2) is 4.79 Å². The standard InChI is InChI=1S/C24H25N3O5/c1-14(2)22(23(30)26-27-20(28)11-12-21(27)29)25-24(31)32-13-19-17-9-5-3-7-15(17)16-8-4-6-10-18(16)19/h3-10,14,19,22H,11-13H2,1-2H3,(H,25,31)(H,26,30)/t22-/m0/s1. The first-order valence-electron chi connectivity index (χ1n) is 10.6. The van der Waals surface area contributed by atoms with Crippen LogP contribution in [0.2, 0.25) is 0 Å². The minimum atomic E-state index is -0.966. The van der Waals surface area contributed by atoms with Crippen molar-refractivity contribution < 1.29 is 23.9 Å². The zero-order valence-corrected chi connectivity index (χ0v) is 18.0. The van der Waals surface area contributed by atoms with Crippen molar-refractivity contribution in [2.24, 2.45) is 5.92 Å². The molecular weight excluding hydrogens is 410 g/mol. The van der Waals surface area contributed by atoms with Crippen LogP contribution in [0, 0.1) is 5.92 Å². The summed E-state index contributed by atoms with van der Waals surface area (Å²) in [6.45, 7) is 3.62. The molecule has 1 saturated heterocycles. The number of carbonyl (C=O) groups is 4. The fourth-order valence-electron chi connectivity index (χ4n) is 4.18. The number of nitrogens with one attached hydrogen (secondary N) is 2. The van der Waals surface area contributed by atoms with E-state index in [1.54, 1.807) is 13.8 Å². The van der Waals surface area contributed by atoms with Crippen molar-refractivity contribution in [3.63, 3.8) is 0 Å². The van der Waals surface area contributed by atoms with Gasteiger partial charge in [0.15, 0.2) is 0 Å². The van der Waals surface area contributed by atoms with Gasteiger partial charge in [0.25, 0.3) is 5.91 Å². The van der Waals surface area contributed by atoms with Gasteiger partial charge >= 0.3 is 6.09 Å². The Morgan fingerprint density at radius 3 is 2.03 bits per heavy atom. The molecule has 0 bridgehead atoms. The first kappa shape index (κ1) is 21.5. The zero-order valence-electron chi connectivity index (χ0n) is 18.0. The van der Waals surface area contributed by atoms with Gasteiger partial charge in [-0.2, -0.15) is 5.01 Å². The van der Waals surface area contributed by atoms with Crippen LogP contribution in [-0.4, -0.2) is 41.5 Å². The third-order valence-corrected chi connectivity index (χ3v) is 5.84. The molecule has 4 rings (SSSR count). The normalized spacial score (nSPS) is 16.0. The third-order valence-electron chi connectivity index (χ3n) is 5.84. The first-order chi connectivity index (χ1) is 15.4. The molecule has 0 radical (unpaired) electrons. The van der Waals surface area contributed by atoms with E-state index in [-0.39, 0.29) is 31.3 Å². The molecule has 0 saturated carbocycles. The summed E-state index contributed by atoms with van der Waals surface area (Å²) in [4.78, 5) is 48.7. The minimum Gasteiger partial charge on any atom is -0.449 e. The fourth-order valence-corrected chi connectivity index (χ4v) is 4.18. The number of nitrogens with zero attached hydrogens (tertiary/aromatic N) is 1. The molecule has 1 heterocycles. The number of rotatable bonds is 6. The maximum absolute atomic E-state index is 12.6. The highest BCUT2D eigenvalue weighted by atomic mass is 16.5. The van der Waals surface area contributed by atoms with E-state index in [2.05, 4.69) is 10.7 Å². The van der Waals surface area contributed by atoms with Crippen LogP contribution in [0.5, 0.6) is 0 Å².